The molecule has 0 unspecified atom stereocenters. The van der Waals surface area contributed by atoms with Gasteiger partial charge >= 0.3 is 0 Å². The molecule has 1 nitrogen and oxygen atoms in total. The summed E-state index contributed by atoms with van der Waals surface area (Å²) in [5.41, 5.74) is 0.703. The summed E-state index contributed by atoms with van der Waals surface area (Å²) in [6.07, 6.45) is 8.61. The van der Waals surface area contributed by atoms with Crippen molar-refractivity contribution in [1.82, 2.24) is 5.32 Å². The van der Waals surface area contributed by atoms with Gasteiger partial charge in [-0.05, 0) is 44.1 Å². The summed E-state index contributed by atoms with van der Waals surface area (Å²) in [5, 5.41) is 3.53. The first kappa shape index (κ1) is 9.79. The second-order valence-electron chi connectivity index (χ2n) is 3.96. The predicted molar refractivity (Wildman–Crippen MR) is 54.3 cm³/mol. The average molecular weight is 167 g/mol. The molecule has 0 aromatic heterocycles. The predicted octanol–water partition coefficient (Wildman–Crippen LogP) is 2.73. The minimum Gasteiger partial charge on any atom is -0.316 e. The largest absolute Gasteiger partial charge is 0.316 e. The number of hydrogen-bond donors (Lipinski definition) is 1. The Morgan fingerprint density at radius 3 is 2.75 bits per heavy atom. The molecule has 0 aromatic rings. The van der Waals surface area contributed by atoms with Crippen LogP contribution in [0, 0.1) is 5.41 Å². The van der Waals surface area contributed by atoms with Crippen LogP contribution in [0.15, 0.2) is 12.7 Å². The third-order valence-electron chi connectivity index (χ3n) is 2.97. The zero-order chi connectivity index (χ0) is 8.86. The Morgan fingerprint density at radius 1 is 1.50 bits per heavy atom. The number of allylic oxidation sites excluding steroid dienone is 1. The van der Waals surface area contributed by atoms with Gasteiger partial charge in [0.1, 0.15) is 0 Å². The van der Waals surface area contributed by atoms with Crippen LogP contribution in [0.3, 0.4) is 0 Å². The maximum Gasteiger partial charge on any atom is 0.000771 e. The van der Waals surface area contributed by atoms with Gasteiger partial charge in [0.2, 0.25) is 0 Å². The average Bonchev–Trinajstić information content (AvgIpc) is 2.85. The summed E-state index contributed by atoms with van der Waals surface area (Å²) in [4.78, 5) is 0. The van der Waals surface area contributed by atoms with Crippen molar-refractivity contribution >= 4 is 0 Å². The Kier molecular flexibility index (Phi) is 3.80. The van der Waals surface area contributed by atoms with Crippen LogP contribution >= 0.6 is 0 Å². The molecule has 0 atom stereocenters. The zero-order valence-corrected chi connectivity index (χ0v) is 8.23. The molecule has 1 heteroatoms. The maximum atomic E-state index is 3.71. The zero-order valence-electron chi connectivity index (χ0n) is 8.23. The molecule has 0 spiro atoms. The summed E-state index contributed by atoms with van der Waals surface area (Å²) in [6.45, 7) is 8.41. The smallest absolute Gasteiger partial charge is 0.000771 e. The highest BCUT2D eigenvalue weighted by molar-refractivity contribution is 4.93. The molecule has 0 aliphatic heterocycles. The lowest BCUT2D eigenvalue weighted by atomic mass is 10.0. The summed E-state index contributed by atoms with van der Waals surface area (Å²) >= 11 is 0. The normalized spacial score (nSPS) is 19.1. The monoisotopic (exact) mass is 167 g/mol. The highest BCUT2D eigenvalue weighted by Crippen LogP contribution is 2.47. The van der Waals surface area contributed by atoms with E-state index in [1.54, 1.807) is 0 Å². The Balaban J connectivity index is 1.92. The van der Waals surface area contributed by atoms with Crippen LogP contribution in [0.1, 0.15) is 39.0 Å². The first-order valence-electron chi connectivity index (χ1n) is 5.14. The molecular formula is C11H21N. The van der Waals surface area contributed by atoms with E-state index >= 15 is 0 Å². The quantitative estimate of drug-likeness (QED) is 0.454. The van der Waals surface area contributed by atoms with Gasteiger partial charge < -0.3 is 5.32 Å². The molecule has 0 bridgehead atoms. The SMILES string of the molecule is C=CCCCNCC1(CC)CC1. The number of nitrogens with one attached hydrogen (secondary N) is 1. The van der Waals surface area contributed by atoms with Crippen molar-refractivity contribution in [2.24, 2.45) is 5.41 Å². The Morgan fingerprint density at radius 2 is 2.25 bits per heavy atom. The Hall–Kier alpha value is -0.300. The van der Waals surface area contributed by atoms with E-state index in [1.807, 2.05) is 6.08 Å². The fraction of sp³-hybridized carbons (Fsp3) is 0.818. The van der Waals surface area contributed by atoms with E-state index in [0.29, 0.717) is 5.41 Å². The fourth-order valence-corrected chi connectivity index (χ4v) is 1.56. The van der Waals surface area contributed by atoms with Crippen molar-refractivity contribution in [3.8, 4) is 0 Å². The summed E-state index contributed by atoms with van der Waals surface area (Å²) in [6, 6.07) is 0. The molecule has 0 aromatic carbocycles. The van der Waals surface area contributed by atoms with Crippen LogP contribution in [0.5, 0.6) is 0 Å². The standard InChI is InChI=1S/C11H21N/c1-3-5-6-9-12-10-11(4-2)7-8-11/h3,12H,1,4-10H2,2H3. The summed E-state index contributed by atoms with van der Waals surface area (Å²) < 4.78 is 0. The molecule has 70 valence electrons. The second-order valence-corrected chi connectivity index (χ2v) is 3.96. The topological polar surface area (TPSA) is 12.0 Å². The molecule has 12 heavy (non-hydrogen) atoms. The van der Waals surface area contributed by atoms with Crippen LogP contribution in [0.4, 0.5) is 0 Å². The van der Waals surface area contributed by atoms with E-state index in [-0.39, 0.29) is 0 Å². The molecule has 0 amide bonds. The van der Waals surface area contributed by atoms with Crippen LogP contribution in [0.25, 0.3) is 0 Å². The molecule has 0 heterocycles. The van der Waals surface area contributed by atoms with Crippen molar-refractivity contribution in [1.29, 1.82) is 0 Å². The molecule has 1 rings (SSSR count). The molecule has 0 saturated heterocycles. The maximum absolute atomic E-state index is 3.71. The number of unbranched alkanes of at least 4 members (excludes halogenated alkanes) is 1. The highest BCUT2D eigenvalue weighted by Gasteiger charge is 2.39. The number of rotatable bonds is 7. The molecule has 1 saturated carbocycles. The van der Waals surface area contributed by atoms with Gasteiger partial charge in [-0.3, -0.25) is 0 Å². The molecular weight excluding hydrogens is 146 g/mol. The van der Waals surface area contributed by atoms with Gasteiger partial charge in [-0.25, -0.2) is 0 Å². The first-order chi connectivity index (χ1) is 5.83. The molecule has 1 fully saturated rings. The summed E-state index contributed by atoms with van der Waals surface area (Å²) in [7, 11) is 0. The first-order valence-corrected chi connectivity index (χ1v) is 5.14. The lowest BCUT2D eigenvalue weighted by molar-refractivity contribution is 0.442. The van der Waals surface area contributed by atoms with E-state index in [0.717, 1.165) is 13.0 Å². The van der Waals surface area contributed by atoms with E-state index in [2.05, 4.69) is 18.8 Å². The van der Waals surface area contributed by atoms with Crippen molar-refractivity contribution in [2.75, 3.05) is 13.1 Å². The third-order valence-corrected chi connectivity index (χ3v) is 2.97. The Bertz CT molecular complexity index is 136. The van der Waals surface area contributed by atoms with Crippen molar-refractivity contribution in [3.05, 3.63) is 12.7 Å². The van der Waals surface area contributed by atoms with E-state index < -0.39 is 0 Å². The lowest BCUT2D eigenvalue weighted by Crippen LogP contribution is -2.24. The number of hydrogen-bond acceptors (Lipinski definition) is 1. The third kappa shape index (κ3) is 2.98. The minimum atomic E-state index is 0.703. The van der Waals surface area contributed by atoms with Gasteiger partial charge in [0.15, 0.2) is 0 Å². The van der Waals surface area contributed by atoms with Gasteiger partial charge in [0.05, 0.1) is 0 Å². The van der Waals surface area contributed by atoms with Crippen LogP contribution < -0.4 is 5.32 Å². The van der Waals surface area contributed by atoms with Crippen LogP contribution in [-0.2, 0) is 0 Å². The highest BCUT2D eigenvalue weighted by atomic mass is 14.9. The van der Waals surface area contributed by atoms with Crippen LogP contribution in [-0.4, -0.2) is 13.1 Å². The molecule has 0 radical (unpaired) electrons. The van der Waals surface area contributed by atoms with Crippen molar-refractivity contribution < 1.29 is 0 Å². The molecule has 1 N–H and O–H groups in total. The van der Waals surface area contributed by atoms with Gasteiger partial charge in [-0.1, -0.05) is 13.0 Å². The van der Waals surface area contributed by atoms with Gasteiger partial charge in [0, 0.05) is 6.54 Å². The summed E-state index contributed by atoms with van der Waals surface area (Å²) in [5.74, 6) is 0. The van der Waals surface area contributed by atoms with Crippen molar-refractivity contribution in [3.63, 3.8) is 0 Å². The van der Waals surface area contributed by atoms with Gasteiger partial charge in [-0.2, -0.15) is 0 Å². The van der Waals surface area contributed by atoms with Crippen LogP contribution in [0.2, 0.25) is 0 Å². The van der Waals surface area contributed by atoms with Gasteiger partial charge in [-0.15, -0.1) is 6.58 Å². The van der Waals surface area contributed by atoms with Gasteiger partial charge in [0.25, 0.3) is 0 Å². The fourth-order valence-electron chi connectivity index (χ4n) is 1.56. The van der Waals surface area contributed by atoms with Crippen molar-refractivity contribution in [2.45, 2.75) is 39.0 Å². The van der Waals surface area contributed by atoms with E-state index in [1.165, 1.54) is 32.2 Å². The molecule has 1 aliphatic rings. The second kappa shape index (κ2) is 4.66. The van der Waals surface area contributed by atoms with E-state index in [4.69, 9.17) is 0 Å². The Labute approximate surface area is 76.2 Å². The molecule has 1 aliphatic carbocycles. The minimum absolute atomic E-state index is 0.703. The lowest BCUT2D eigenvalue weighted by Gasteiger charge is -2.12. The van der Waals surface area contributed by atoms with E-state index in [9.17, 15) is 0 Å².